The minimum atomic E-state index is 0.148. The Labute approximate surface area is 147 Å². The van der Waals surface area contributed by atoms with Gasteiger partial charge in [-0.15, -0.1) is 0 Å². The largest absolute Gasteiger partial charge is 0.342 e. The number of aryl methyl sites for hydroxylation is 2. The summed E-state index contributed by atoms with van der Waals surface area (Å²) in [6, 6.07) is 14.2. The third-order valence-electron chi connectivity index (χ3n) is 5.05. The molecule has 0 bridgehead atoms. The van der Waals surface area contributed by atoms with Crippen molar-refractivity contribution >= 4 is 16.9 Å². The van der Waals surface area contributed by atoms with Crippen LogP contribution in [-0.2, 0) is 0 Å². The summed E-state index contributed by atoms with van der Waals surface area (Å²) in [5.41, 5.74) is 5.19. The van der Waals surface area contributed by atoms with Gasteiger partial charge in [0.05, 0.1) is 11.0 Å². The lowest BCUT2D eigenvalue weighted by atomic mass is 9.95. The molecule has 0 saturated carbocycles. The number of aromatic nitrogens is 2. The number of amides is 1. The van der Waals surface area contributed by atoms with Crippen molar-refractivity contribution in [2.75, 3.05) is 13.1 Å². The van der Waals surface area contributed by atoms with Crippen LogP contribution < -0.4 is 0 Å². The lowest BCUT2D eigenvalue weighted by Crippen LogP contribution is -2.38. The number of fused-ring (bicyclic) bond motifs is 1. The van der Waals surface area contributed by atoms with Gasteiger partial charge in [0.2, 0.25) is 0 Å². The standard InChI is InChI=1S/C21H23N3O/c1-14-11-15(2)13-17(12-14)21(25)24-9-7-16(8-10-24)20-22-18-5-3-4-6-19(18)23-20/h3-6,11-13,16H,7-10H2,1-2H3,(H,22,23). The molecule has 1 fully saturated rings. The van der Waals surface area contributed by atoms with Gasteiger partial charge in [-0.25, -0.2) is 4.98 Å². The van der Waals surface area contributed by atoms with Crippen molar-refractivity contribution in [3.63, 3.8) is 0 Å². The topological polar surface area (TPSA) is 49.0 Å². The number of imidazole rings is 1. The van der Waals surface area contributed by atoms with Gasteiger partial charge in [-0.1, -0.05) is 29.3 Å². The highest BCUT2D eigenvalue weighted by atomic mass is 16.2. The molecule has 2 heterocycles. The van der Waals surface area contributed by atoms with Gasteiger partial charge in [0.25, 0.3) is 5.91 Å². The molecule has 1 saturated heterocycles. The van der Waals surface area contributed by atoms with Crippen LogP contribution in [0.1, 0.15) is 46.1 Å². The normalized spacial score (nSPS) is 15.7. The summed E-state index contributed by atoms with van der Waals surface area (Å²) in [6.45, 7) is 5.65. The molecular weight excluding hydrogens is 310 g/mol. The van der Waals surface area contributed by atoms with Gasteiger partial charge in [0.15, 0.2) is 0 Å². The number of hydrogen-bond acceptors (Lipinski definition) is 2. The SMILES string of the molecule is Cc1cc(C)cc(C(=O)N2CCC(c3nc4ccccc4[nH]3)CC2)c1. The average Bonchev–Trinajstić information content (AvgIpc) is 3.04. The fraction of sp³-hybridized carbons (Fsp3) is 0.333. The minimum Gasteiger partial charge on any atom is -0.342 e. The first kappa shape index (κ1) is 15.9. The molecular formula is C21H23N3O. The van der Waals surface area contributed by atoms with Gasteiger partial charge < -0.3 is 9.88 Å². The molecule has 4 heteroatoms. The molecule has 0 atom stereocenters. The van der Waals surface area contributed by atoms with E-state index in [9.17, 15) is 4.79 Å². The molecule has 1 aromatic heterocycles. The van der Waals surface area contributed by atoms with Crippen LogP contribution in [0.2, 0.25) is 0 Å². The van der Waals surface area contributed by atoms with Gasteiger partial charge in [-0.05, 0) is 51.0 Å². The number of likely N-dealkylation sites (tertiary alicyclic amines) is 1. The Morgan fingerprint density at radius 3 is 2.44 bits per heavy atom. The molecule has 1 aliphatic heterocycles. The third-order valence-corrected chi connectivity index (χ3v) is 5.05. The molecule has 0 unspecified atom stereocenters. The van der Waals surface area contributed by atoms with E-state index in [-0.39, 0.29) is 5.91 Å². The number of aromatic amines is 1. The number of H-pyrrole nitrogens is 1. The summed E-state index contributed by atoms with van der Waals surface area (Å²) >= 11 is 0. The van der Waals surface area contributed by atoms with Crippen molar-refractivity contribution < 1.29 is 4.79 Å². The Balaban J connectivity index is 1.46. The van der Waals surface area contributed by atoms with E-state index < -0.39 is 0 Å². The Morgan fingerprint density at radius 1 is 1.08 bits per heavy atom. The number of para-hydroxylation sites is 2. The maximum Gasteiger partial charge on any atom is 0.253 e. The van der Waals surface area contributed by atoms with E-state index in [1.807, 2.05) is 49.1 Å². The van der Waals surface area contributed by atoms with Crippen LogP contribution in [0, 0.1) is 13.8 Å². The molecule has 25 heavy (non-hydrogen) atoms. The molecule has 4 rings (SSSR count). The summed E-state index contributed by atoms with van der Waals surface area (Å²) in [7, 11) is 0. The Morgan fingerprint density at radius 2 is 1.76 bits per heavy atom. The highest BCUT2D eigenvalue weighted by molar-refractivity contribution is 5.94. The number of benzene rings is 2. The summed E-state index contributed by atoms with van der Waals surface area (Å²) in [4.78, 5) is 22.9. The number of nitrogens with one attached hydrogen (secondary N) is 1. The smallest absolute Gasteiger partial charge is 0.253 e. The van der Waals surface area contributed by atoms with E-state index >= 15 is 0 Å². The third kappa shape index (κ3) is 3.16. The van der Waals surface area contributed by atoms with Crippen LogP contribution in [0.5, 0.6) is 0 Å². The lowest BCUT2D eigenvalue weighted by molar-refractivity contribution is 0.0711. The van der Waals surface area contributed by atoms with Gasteiger partial charge in [-0.3, -0.25) is 4.79 Å². The molecule has 1 aliphatic rings. The van der Waals surface area contributed by atoms with Crippen LogP contribution in [-0.4, -0.2) is 33.9 Å². The summed E-state index contributed by atoms with van der Waals surface area (Å²) in [5.74, 6) is 1.60. The minimum absolute atomic E-state index is 0.148. The van der Waals surface area contributed by atoms with Crippen molar-refractivity contribution in [3.8, 4) is 0 Å². The first-order valence-corrected chi connectivity index (χ1v) is 8.92. The summed E-state index contributed by atoms with van der Waals surface area (Å²) in [5, 5.41) is 0. The van der Waals surface area contributed by atoms with E-state index in [1.54, 1.807) is 0 Å². The number of nitrogens with zero attached hydrogens (tertiary/aromatic N) is 2. The van der Waals surface area contributed by atoms with Crippen LogP contribution in [0.4, 0.5) is 0 Å². The Kier molecular flexibility index (Phi) is 4.04. The number of carbonyl (C=O) groups is 1. The number of hydrogen-bond donors (Lipinski definition) is 1. The predicted octanol–water partition coefficient (Wildman–Crippen LogP) is 4.20. The van der Waals surface area contributed by atoms with Crippen molar-refractivity contribution in [2.45, 2.75) is 32.6 Å². The second kappa shape index (κ2) is 6.36. The maximum absolute atomic E-state index is 12.8. The van der Waals surface area contributed by atoms with Crippen molar-refractivity contribution in [3.05, 3.63) is 65.0 Å². The first-order chi connectivity index (χ1) is 12.1. The van der Waals surface area contributed by atoms with Crippen molar-refractivity contribution in [1.29, 1.82) is 0 Å². The molecule has 3 aromatic rings. The van der Waals surface area contributed by atoms with E-state index in [0.29, 0.717) is 5.92 Å². The first-order valence-electron chi connectivity index (χ1n) is 8.92. The molecule has 128 valence electrons. The van der Waals surface area contributed by atoms with Gasteiger partial charge in [0.1, 0.15) is 5.82 Å². The van der Waals surface area contributed by atoms with Gasteiger partial charge in [-0.2, -0.15) is 0 Å². The fourth-order valence-electron chi connectivity index (χ4n) is 3.80. The monoisotopic (exact) mass is 333 g/mol. The van der Waals surface area contributed by atoms with Crippen molar-refractivity contribution in [1.82, 2.24) is 14.9 Å². The van der Waals surface area contributed by atoms with E-state index in [1.165, 1.54) is 0 Å². The zero-order valence-corrected chi connectivity index (χ0v) is 14.7. The van der Waals surface area contributed by atoms with Crippen LogP contribution in [0.3, 0.4) is 0 Å². The van der Waals surface area contributed by atoms with Crippen LogP contribution >= 0.6 is 0 Å². The van der Waals surface area contributed by atoms with Crippen LogP contribution in [0.25, 0.3) is 11.0 Å². The fourth-order valence-corrected chi connectivity index (χ4v) is 3.80. The summed E-state index contributed by atoms with van der Waals surface area (Å²) < 4.78 is 0. The van der Waals surface area contributed by atoms with Crippen LogP contribution in [0.15, 0.2) is 42.5 Å². The van der Waals surface area contributed by atoms with Gasteiger partial charge >= 0.3 is 0 Å². The molecule has 4 nitrogen and oxygen atoms in total. The number of carbonyl (C=O) groups excluding carboxylic acids is 1. The molecule has 0 radical (unpaired) electrons. The molecule has 2 aromatic carbocycles. The maximum atomic E-state index is 12.8. The van der Waals surface area contributed by atoms with Gasteiger partial charge in [0, 0.05) is 24.6 Å². The second-order valence-electron chi connectivity index (χ2n) is 7.08. The quantitative estimate of drug-likeness (QED) is 0.764. The molecule has 1 amide bonds. The number of rotatable bonds is 2. The Hall–Kier alpha value is -2.62. The predicted molar refractivity (Wildman–Crippen MR) is 99.9 cm³/mol. The molecule has 1 N–H and O–H groups in total. The average molecular weight is 333 g/mol. The zero-order valence-electron chi connectivity index (χ0n) is 14.7. The van der Waals surface area contributed by atoms with E-state index in [0.717, 1.165) is 59.5 Å². The van der Waals surface area contributed by atoms with E-state index in [4.69, 9.17) is 4.98 Å². The van der Waals surface area contributed by atoms with Crippen molar-refractivity contribution in [2.24, 2.45) is 0 Å². The number of piperidine rings is 1. The molecule has 0 spiro atoms. The summed E-state index contributed by atoms with van der Waals surface area (Å²) in [6.07, 6.45) is 1.91. The van der Waals surface area contributed by atoms with E-state index in [2.05, 4.69) is 17.1 Å². The lowest BCUT2D eigenvalue weighted by Gasteiger charge is -2.31. The molecule has 0 aliphatic carbocycles. The second-order valence-corrected chi connectivity index (χ2v) is 7.08. The highest BCUT2D eigenvalue weighted by Crippen LogP contribution is 2.28. The highest BCUT2D eigenvalue weighted by Gasteiger charge is 2.26. The Bertz CT molecular complexity index is 867. The zero-order chi connectivity index (χ0) is 17.4.